The summed E-state index contributed by atoms with van der Waals surface area (Å²) in [5.41, 5.74) is 5.53. The van der Waals surface area contributed by atoms with E-state index in [9.17, 15) is 9.59 Å². The maximum absolute atomic E-state index is 13.6. The van der Waals surface area contributed by atoms with Gasteiger partial charge in [-0.05, 0) is 49.2 Å². The van der Waals surface area contributed by atoms with Crippen LogP contribution in [0.25, 0.3) is 10.9 Å². The smallest absolute Gasteiger partial charge is 0.255 e. The van der Waals surface area contributed by atoms with E-state index < -0.39 is 6.04 Å². The lowest BCUT2D eigenvalue weighted by Crippen LogP contribution is -2.46. The van der Waals surface area contributed by atoms with Crippen molar-refractivity contribution in [3.8, 4) is 5.75 Å². The number of nitrogens with one attached hydrogen (secondary N) is 2. The fourth-order valence-electron chi connectivity index (χ4n) is 4.93. The molecule has 4 aromatic rings. The van der Waals surface area contributed by atoms with E-state index in [-0.39, 0.29) is 17.9 Å². The van der Waals surface area contributed by atoms with E-state index in [1.165, 1.54) is 0 Å². The molecule has 2 atom stereocenters. The normalized spacial score (nSPS) is 15.9. The number of benzene rings is 3. The third-order valence-electron chi connectivity index (χ3n) is 6.61. The molecule has 0 radical (unpaired) electrons. The summed E-state index contributed by atoms with van der Waals surface area (Å²) >= 11 is 0. The predicted octanol–water partition coefficient (Wildman–Crippen LogP) is 4.74. The average molecular weight is 454 g/mol. The fourth-order valence-corrected chi connectivity index (χ4v) is 4.93. The van der Waals surface area contributed by atoms with Crippen LogP contribution in [0.4, 0.5) is 0 Å². The van der Waals surface area contributed by atoms with Crippen LogP contribution in [0.3, 0.4) is 0 Å². The van der Waals surface area contributed by atoms with Crippen LogP contribution in [0.1, 0.15) is 45.7 Å². The van der Waals surface area contributed by atoms with Gasteiger partial charge in [-0.3, -0.25) is 9.59 Å². The Bertz CT molecular complexity index is 1390. The van der Waals surface area contributed by atoms with Crippen molar-refractivity contribution in [2.24, 2.45) is 0 Å². The topological polar surface area (TPSA) is 74.4 Å². The zero-order valence-electron chi connectivity index (χ0n) is 19.5. The number of nitrogens with zero attached hydrogens (tertiary/aromatic N) is 1. The number of aromatic nitrogens is 1. The van der Waals surface area contributed by atoms with Gasteiger partial charge in [-0.25, -0.2) is 0 Å². The van der Waals surface area contributed by atoms with Gasteiger partial charge in [0.1, 0.15) is 11.8 Å². The van der Waals surface area contributed by atoms with Gasteiger partial charge in [-0.2, -0.15) is 0 Å². The number of ether oxygens (including phenoxy) is 1. The highest BCUT2D eigenvalue weighted by Gasteiger charge is 2.43. The van der Waals surface area contributed by atoms with Crippen molar-refractivity contribution in [2.45, 2.75) is 32.5 Å². The molecule has 3 aromatic carbocycles. The van der Waals surface area contributed by atoms with Gasteiger partial charge in [0.15, 0.2) is 0 Å². The van der Waals surface area contributed by atoms with E-state index in [4.69, 9.17) is 4.74 Å². The van der Waals surface area contributed by atoms with Crippen molar-refractivity contribution in [3.63, 3.8) is 0 Å². The Morgan fingerprint density at radius 3 is 2.68 bits per heavy atom. The van der Waals surface area contributed by atoms with Crippen molar-refractivity contribution in [2.75, 3.05) is 7.11 Å². The summed E-state index contributed by atoms with van der Waals surface area (Å²) in [5.74, 6) is 0.403. The molecule has 6 heteroatoms. The molecule has 0 saturated carbocycles. The molecule has 6 nitrogen and oxygen atoms in total. The second-order valence-electron chi connectivity index (χ2n) is 8.66. The molecule has 0 aliphatic carbocycles. The number of carbonyl (C=O) groups excluding carboxylic acids is 2. The number of hydrogen-bond donors (Lipinski definition) is 2. The Hall–Kier alpha value is -4.06. The number of amides is 2. The summed E-state index contributed by atoms with van der Waals surface area (Å²) in [4.78, 5) is 32.0. The van der Waals surface area contributed by atoms with Gasteiger partial charge >= 0.3 is 0 Å². The van der Waals surface area contributed by atoms with Crippen LogP contribution in [-0.2, 0) is 11.3 Å². The highest BCUT2D eigenvalue weighted by atomic mass is 16.5. The molecule has 2 N–H and O–H groups in total. The number of aromatic amines is 1. The minimum atomic E-state index is -0.663. The standard InChI is InChI=1S/C28H27N3O3/c1-17-25(23-13-6-7-14-24(23)30-17)26-21-11-4-5-12-22(21)28(33)31(26)18(2)27(32)29-16-19-9-8-10-20(15-19)34-3/h4-15,18,26,30H,16H2,1-3H3,(H,29,32)/t18-,26+/m1/s1. The Morgan fingerprint density at radius 1 is 1.09 bits per heavy atom. The molecule has 0 bridgehead atoms. The van der Waals surface area contributed by atoms with Crippen LogP contribution in [0.5, 0.6) is 5.75 Å². The monoisotopic (exact) mass is 453 g/mol. The number of rotatable bonds is 6. The Balaban J connectivity index is 1.49. The Labute approximate surface area is 198 Å². The van der Waals surface area contributed by atoms with E-state index >= 15 is 0 Å². The summed E-state index contributed by atoms with van der Waals surface area (Å²) in [6.45, 7) is 4.17. The molecule has 1 aromatic heterocycles. The number of carbonyl (C=O) groups is 2. The molecule has 2 amide bonds. The number of H-pyrrole nitrogens is 1. The molecule has 1 aliphatic heterocycles. The van der Waals surface area contributed by atoms with Crippen molar-refractivity contribution in [1.82, 2.24) is 15.2 Å². The molecule has 172 valence electrons. The third-order valence-corrected chi connectivity index (χ3v) is 6.61. The van der Waals surface area contributed by atoms with Gasteiger partial charge in [0, 0.05) is 34.3 Å². The zero-order valence-corrected chi connectivity index (χ0v) is 19.5. The quantitative estimate of drug-likeness (QED) is 0.443. The van der Waals surface area contributed by atoms with E-state index in [1.807, 2.05) is 73.7 Å². The first-order valence-electron chi connectivity index (χ1n) is 11.4. The molecule has 34 heavy (non-hydrogen) atoms. The number of fused-ring (bicyclic) bond motifs is 2. The lowest BCUT2D eigenvalue weighted by atomic mass is 9.95. The molecular weight excluding hydrogens is 426 g/mol. The van der Waals surface area contributed by atoms with Crippen molar-refractivity contribution in [1.29, 1.82) is 0 Å². The average Bonchev–Trinajstić information content (AvgIpc) is 3.35. The number of para-hydroxylation sites is 1. The third kappa shape index (κ3) is 3.61. The van der Waals surface area contributed by atoms with Crippen molar-refractivity contribution < 1.29 is 14.3 Å². The van der Waals surface area contributed by atoms with Crippen LogP contribution in [0, 0.1) is 6.92 Å². The summed E-state index contributed by atoms with van der Waals surface area (Å²) in [6, 6.07) is 22.3. The number of aryl methyl sites for hydroxylation is 1. The highest BCUT2D eigenvalue weighted by Crippen LogP contribution is 2.43. The molecule has 0 spiro atoms. The minimum absolute atomic E-state index is 0.130. The Kier molecular flexibility index (Phi) is 5.57. The molecule has 0 unspecified atom stereocenters. The minimum Gasteiger partial charge on any atom is -0.497 e. The van der Waals surface area contributed by atoms with E-state index in [1.54, 1.807) is 18.9 Å². The van der Waals surface area contributed by atoms with E-state index in [2.05, 4.69) is 16.4 Å². The highest BCUT2D eigenvalue weighted by molar-refractivity contribution is 6.03. The van der Waals surface area contributed by atoms with Gasteiger partial charge in [0.05, 0.1) is 13.2 Å². The van der Waals surface area contributed by atoms with Crippen molar-refractivity contribution >= 4 is 22.7 Å². The number of methoxy groups -OCH3 is 1. The second-order valence-corrected chi connectivity index (χ2v) is 8.66. The van der Waals surface area contributed by atoms with Gasteiger partial charge in [-0.15, -0.1) is 0 Å². The second kappa shape index (κ2) is 8.71. The van der Waals surface area contributed by atoms with Crippen LogP contribution in [-0.4, -0.2) is 34.8 Å². The molecule has 0 fully saturated rings. The summed E-state index contributed by atoms with van der Waals surface area (Å²) < 4.78 is 5.27. The first-order chi connectivity index (χ1) is 16.5. The van der Waals surface area contributed by atoms with Crippen LogP contribution < -0.4 is 10.1 Å². The van der Waals surface area contributed by atoms with Crippen LogP contribution >= 0.6 is 0 Å². The van der Waals surface area contributed by atoms with Crippen LogP contribution in [0.15, 0.2) is 72.8 Å². The van der Waals surface area contributed by atoms with Gasteiger partial charge < -0.3 is 19.9 Å². The number of hydrogen-bond acceptors (Lipinski definition) is 3. The molecular formula is C28H27N3O3. The maximum atomic E-state index is 13.6. The van der Waals surface area contributed by atoms with Gasteiger partial charge in [0.25, 0.3) is 5.91 Å². The molecule has 0 saturated heterocycles. The first kappa shape index (κ1) is 21.8. The molecule has 2 heterocycles. The van der Waals surface area contributed by atoms with Crippen LogP contribution in [0.2, 0.25) is 0 Å². The zero-order chi connectivity index (χ0) is 23.8. The maximum Gasteiger partial charge on any atom is 0.255 e. The predicted molar refractivity (Wildman–Crippen MR) is 132 cm³/mol. The molecule has 1 aliphatic rings. The SMILES string of the molecule is COc1cccc(CNC(=O)[C@@H](C)N2C(=O)c3ccccc3[C@H]2c2c(C)[nH]c3ccccc23)c1. The summed E-state index contributed by atoms with van der Waals surface area (Å²) in [7, 11) is 1.61. The molecule has 5 rings (SSSR count). The fraction of sp³-hybridized carbons (Fsp3) is 0.214. The van der Waals surface area contributed by atoms with E-state index in [0.717, 1.165) is 39.0 Å². The summed E-state index contributed by atoms with van der Waals surface area (Å²) in [5, 5.41) is 4.05. The van der Waals surface area contributed by atoms with Gasteiger partial charge in [0.2, 0.25) is 5.91 Å². The lowest BCUT2D eigenvalue weighted by Gasteiger charge is -2.31. The summed E-state index contributed by atoms with van der Waals surface area (Å²) in [6.07, 6.45) is 0. The van der Waals surface area contributed by atoms with Crippen molar-refractivity contribution in [3.05, 3.63) is 101 Å². The largest absolute Gasteiger partial charge is 0.497 e. The lowest BCUT2D eigenvalue weighted by molar-refractivity contribution is -0.125. The Morgan fingerprint density at radius 2 is 1.85 bits per heavy atom. The van der Waals surface area contributed by atoms with Gasteiger partial charge in [-0.1, -0.05) is 48.5 Å². The van der Waals surface area contributed by atoms with E-state index in [0.29, 0.717) is 12.1 Å². The first-order valence-corrected chi connectivity index (χ1v) is 11.4.